The van der Waals surface area contributed by atoms with Crippen LogP contribution in [0.1, 0.15) is 16.3 Å². The van der Waals surface area contributed by atoms with Crippen molar-refractivity contribution in [2.75, 3.05) is 5.75 Å². The topological polar surface area (TPSA) is 72.7 Å². The van der Waals surface area contributed by atoms with Crippen molar-refractivity contribution >= 4 is 29.0 Å². The van der Waals surface area contributed by atoms with E-state index in [1.54, 1.807) is 16.0 Å². The summed E-state index contributed by atoms with van der Waals surface area (Å²) < 4.78 is 1.75. The van der Waals surface area contributed by atoms with Crippen LogP contribution in [0.4, 0.5) is 0 Å². The first-order chi connectivity index (χ1) is 11.6. The van der Waals surface area contributed by atoms with Crippen LogP contribution in [0.25, 0.3) is 5.82 Å². The average Bonchev–Trinajstić information content (AvgIpc) is 3.21. The number of hydrogen-bond donors (Lipinski definition) is 1. The summed E-state index contributed by atoms with van der Waals surface area (Å²) in [6.45, 7) is 4.48. The molecule has 0 spiro atoms. The van der Waals surface area contributed by atoms with E-state index in [4.69, 9.17) is 0 Å². The van der Waals surface area contributed by atoms with Crippen LogP contribution >= 0.6 is 23.1 Å². The molecular weight excluding hydrogens is 342 g/mol. The molecule has 0 atom stereocenters. The Labute approximate surface area is 148 Å². The molecule has 6 nitrogen and oxygen atoms in total. The summed E-state index contributed by atoms with van der Waals surface area (Å²) >= 11 is 3.00. The predicted molar refractivity (Wildman–Crippen MR) is 95.5 cm³/mol. The highest BCUT2D eigenvalue weighted by Crippen LogP contribution is 2.16. The molecule has 0 bridgehead atoms. The van der Waals surface area contributed by atoms with Crippen molar-refractivity contribution in [1.29, 1.82) is 0 Å². The van der Waals surface area contributed by atoms with Crippen LogP contribution in [0.5, 0.6) is 0 Å². The quantitative estimate of drug-likeness (QED) is 0.685. The molecule has 124 valence electrons. The van der Waals surface area contributed by atoms with Gasteiger partial charge in [-0.05, 0) is 43.5 Å². The lowest BCUT2D eigenvalue weighted by molar-refractivity contribution is -0.118. The molecule has 1 N–H and O–H groups in total. The number of thioether (sulfide) groups is 1. The number of carbonyl (C=O) groups excluding carboxylic acids is 1. The van der Waals surface area contributed by atoms with Crippen molar-refractivity contribution in [2.45, 2.75) is 25.4 Å². The van der Waals surface area contributed by atoms with Gasteiger partial charge in [-0.3, -0.25) is 4.79 Å². The van der Waals surface area contributed by atoms with E-state index in [1.807, 2.05) is 49.6 Å². The number of thiophene rings is 1. The molecule has 3 aromatic heterocycles. The minimum Gasteiger partial charge on any atom is -0.350 e. The summed E-state index contributed by atoms with van der Waals surface area (Å²) in [5.74, 6) is 0.976. The number of aromatic nitrogens is 4. The van der Waals surface area contributed by atoms with Gasteiger partial charge in [0.1, 0.15) is 5.03 Å². The van der Waals surface area contributed by atoms with Crippen LogP contribution < -0.4 is 5.32 Å². The van der Waals surface area contributed by atoms with E-state index < -0.39 is 0 Å². The first-order valence-electron chi connectivity index (χ1n) is 7.41. The zero-order chi connectivity index (χ0) is 16.9. The maximum Gasteiger partial charge on any atom is 0.230 e. The average molecular weight is 359 g/mol. The zero-order valence-corrected chi connectivity index (χ0v) is 15.0. The Balaban J connectivity index is 1.52. The van der Waals surface area contributed by atoms with E-state index in [2.05, 4.69) is 20.6 Å². The van der Waals surface area contributed by atoms with Crippen LogP contribution in [-0.2, 0) is 11.3 Å². The molecule has 3 heterocycles. The van der Waals surface area contributed by atoms with E-state index in [1.165, 1.54) is 11.8 Å². The lowest BCUT2D eigenvalue weighted by atomic mass is 10.4. The van der Waals surface area contributed by atoms with Gasteiger partial charge in [0.05, 0.1) is 18.0 Å². The Kier molecular flexibility index (Phi) is 5.27. The van der Waals surface area contributed by atoms with Gasteiger partial charge in [-0.15, -0.1) is 21.5 Å². The van der Waals surface area contributed by atoms with Crippen molar-refractivity contribution in [3.05, 3.63) is 52.0 Å². The summed E-state index contributed by atoms with van der Waals surface area (Å²) in [7, 11) is 0. The number of carbonyl (C=O) groups is 1. The van der Waals surface area contributed by atoms with Gasteiger partial charge in [-0.2, -0.15) is 5.10 Å². The number of nitrogens with zero attached hydrogens (tertiary/aromatic N) is 4. The molecule has 0 unspecified atom stereocenters. The number of hydrogen-bond acceptors (Lipinski definition) is 6. The predicted octanol–water partition coefficient (Wildman–Crippen LogP) is 2.75. The van der Waals surface area contributed by atoms with Crippen molar-refractivity contribution < 1.29 is 4.79 Å². The molecule has 0 aliphatic rings. The summed E-state index contributed by atoms with van der Waals surface area (Å²) in [5.41, 5.74) is 1.95. The van der Waals surface area contributed by atoms with E-state index in [9.17, 15) is 4.79 Å². The highest BCUT2D eigenvalue weighted by Gasteiger charge is 2.08. The third-order valence-electron chi connectivity index (χ3n) is 3.24. The minimum atomic E-state index is -0.0159. The molecule has 0 saturated heterocycles. The third kappa shape index (κ3) is 4.21. The van der Waals surface area contributed by atoms with Crippen molar-refractivity contribution in [3.63, 3.8) is 0 Å². The SMILES string of the molecule is Cc1cc(C)n(-c2ccc(SCC(=O)NCc3cccs3)nn2)n1. The fraction of sp³-hybridized carbons (Fsp3) is 0.250. The molecule has 0 aliphatic carbocycles. The van der Waals surface area contributed by atoms with E-state index in [0.29, 0.717) is 23.1 Å². The van der Waals surface area contributed by atoms with Gasteiger partial charge in [-0.1, -0.05) is 17.8 Å². The van der Waals surface area contributed by atoms with Gasteiger partial charge < -0.3 is 5.32 Å². The monoisotopic (exact) mass is 359 g/mol. The standard InChI is InChI=1S/C16H17N5OS2/c1-11-8-12(2)21(20-11)14-5-6-16(19-18-14)24-10-15(22)17-9-13-4-3-7-23-13/h3-8H,9-10H2,1-2H3,(H,17,22). The van der Waals surface area contributed by atoms with Crippen LogP contribution in [0.15, 0.2) is 40.7 Å². The van der Waals surface area contributed by atoms with E-state index in [0.717, 1.165) is 16.3 Å². The summed E-state index contributed by atoms with van der Waals surface area (Å²) in [6, 6.07) is 9.68. The van der Waals surface area contributed by atoms with Crippen molar-refractivity contribution in [3.8, 4) is 5.82 Å². The fourth-order valence-electron chi connectivity index (χ4n) is 2.15. The summed E-state index contributed by atoms with van der Waals surface area (Å²) in [5, 5.41) is 18.3. The van der Waals surface area contributed by atoms with Crippen LogP contribution in [0, 0.1) is 13.8 Å². The Morgan fingerprint density at radius 3 is 2.79 bits per heavy atom. The molecule has 0 aromatic carbocycles. The number of rotatable bonds is 6. The van der Waals surface area contributed by atoms with Gasteiger partial charge >= 0.3 is 0 Å². The lowest BCUT2D eigenvalue weighted by Crippen LogP contribution is -2.24. The second-order valence-corrected chi connectivity index (χ2v) is 7.24. The Morgan fingerprint density at radius 1 is 1.29 bits per heavy atom. The zero-order valence-electron chi connectivity index (χ0n) is 13.4. The van der Waals surface area contributed by atoms with Gasteiger partial charge in [0.25, 0.3) is 0 Å². The molecule has 0 aliphatic heterocycles. The maximum absolute atomic E-state index is 11.9. The molecule has 0 radical (unpaired) electrons. The second kappa shape index (κ2) is 7.59. The normalized spacial score (nSPS) is 10.8. The third-order valence-corrected chi connectivity index (χ3v) is 5.04. The lowest BCUT2D eigenvalue weighted by Gasteiger charge is -2.05. The van der Waals surface area contributed by atoms with Gasteiger partial charge in [0.15, 0.2) is 5.82 Å². The maximum atomic E-state index is 11.9. The van der Waals surface area contributed by atoms with Crippen molar-refractivity contribution in [2.24, 2.45) is 0 Å². The molecule has 0 saturated carbocycles. The van der Waals surface area contributed by atoms with Gasteiger partial charge in [0.2, 0.25) is 5.91 Å². The van der Waals surface area contributed by atoms with Crippen molar-refractivity contribution in [1.82, 2.24) is 25.3 Å². The fourth-order valence-corrected chi connectivity index (χ4v) is 3.44. The summed E-state index contributed by atoms with van der Waals surface area (Å²) in [6.07, 6.45) is 0. The smallest absolute Gasteiger partial charge is 0.230 e. The van der Waals surface area contributed by atoms with E-state index >= 15 is 0 Å². The molecular formula is C16H17N5OS2. The first-order valence-corrected chi connectivity index (χ1v) is 9.27. The van der Waals surface area contributed by atoms with E-state index in [-0.39, 0.29) is 5.91 Å². The van der Waals surface area contributed by atoms with Crippen LogP contribution in [-0.4, -0.2) is 31.6 Å². The highest BCUT2D eigenvalue weighted by molar-refractivity contribution is 7.99. The highest BCUT2D eigenvalue weighted by atomic mass is 32.2. The Morgan fingerprint density at radius 2 is 2.17 bits per heavy atom. The molecule has 3 aromatic rings. The Bertz CT molecular complexity index is 812. The van der Waals surface area contributed by atoms with Gasteiger partial charge in [-0.25, -0.2) is 4.68 Å². The molecule has 8 heteroatoms. The largest absolute Gasteiger partial charge is 0.350 e. The second-order valence-electron chi connectivity index (χ2n) is 5.21. The molecule has 3 rings (SSSR count). The molecule has 0 fully saturated rings. The summed E-state index contributed by atoms with van der Waals surface area (Å²) in [4.78, 5) is 13.0. The van der Waals surface area contributed by atoms with Gasteiger partial charge in [0, 0.05) is 10.6 Å². The first kappa shape index (κ1) is 16.7. The minimum absolute atomic E-state index is 0.0159. The Hall–Kier alpha value is -2.19. The number of aryl methyl sites for hydroxylation is 2. The molecule has 24 heavy (non-hydrogen) atoms. The number of nitrogens with one attached hydrogen (secondary N) is 1. The van der Waals surface area contributed by atoms with Crippen LogP contribution in [0.2, 0.25) is 0 Å². The molecule has 1 amide bonds. The van der Waals surface area contributed by atoms with Crippen LogP contribution in [0.3, 0.4) is 0 Å². The number of amides is 1.